The van der Waals surface area contributed by atoms with E-state index in [0.29, 0.717) is 24.0 Å². The predicted molar refractivity (Wildman–Crippen MR) is 99.9 cm³/mol. The molecule has 25 heavy (non-hydrogen) atoms. The Morgan fingerprint density at radius 3 is 2.48 bits per heavy atom. The molecule has 0 aromatic heterocycles. The van der Waals surface area contributed by atoms with Crippen molar-refractivity contribution in [2.24, 2.45) is 5.92 Å². The van der Waals surface area contributed by atoms with Crippen molar-refractivity contribution in [2.75, 3.05) is 31.0 Å². The van der Waals surface area contributed by atoms with Gasteiger partial charge in [0, 0.05) is 35.5 Å². The van der Waals surface area contributed by atoms with Gasteiger partial charge < -0.3 is 20.1 Å². The molecule has 132 valence electrons. The van der Waals surface area contributed by atoms with E-state index >= 15 is 0 Å². The quantitative estimate of drug-likeness (QED) is 0.826. The summed E-state index contributed by atoms with van der Waals surface area (Å²) in [5.41, 5.74) is 2.44. The van der Waals surface area contributed by atoms with E-state index in [0.717, 1.165) is 29.9 Å². The average molecular weight is 361 g/mol. The molecular formula is C19H21ClN2O3. The van der Waals surface area contributed by atoms with Crippen LogP contribution in [0.1, 0.15) is 12.8 Å². The first-order valence-corrected chi connectivity index (χ1v) is 8.63. The summed E-state index contributed by atoms with van der Waals surface area (Å²) in [4.78, 5) is 12.3. The minimum atomic E-state index is 0.0299. The Kier molecular flexibility index (Phi) is 5.79. The Morgan fingerprint density at radius 1 is 1.12 bits per heavy atom. The van der Waals surface area contributed by atoms with E-state index in [2.05, 4.69) is 10.6 Å². The van der Waals surface area contributed by atoms with E-state index in [9.17, 15) is 4.79 Å². The van der Waals surface area contributed by atoms with Crippen LogP contribution in [0.4, 0.5) is 17.1 Å². The summed E-state index contributed by atoms with van der Waals surface area (Å²) in [6, 6.07) is 12.9. The van der Waals surface area contributed by atoms with Gasteiger partial charge in [-0.15, -0.1) is 0 Å². The van der Waals surface area contributed by atoms with Gasteiger partial charge in [0.15, 0.2) is 0 Å². The number of carbonyl (C=O) groups excluding carboxylic acids is 1. The van der Waals surface area contributed by atoms with Gasteiger partial charge in [0.25, 0.3) is 0 Å². The van der Waals surface area contributed by atoms with E-state index in [1.54, 1.807) is 19.2 Å². The van der Waals surface area contributed by atoms with E-state index in [1.165, 1.54) is 0 Å². The van der Waals surface area contributed by atoms with Crippen molar-refractivity contribution >= 4 is 34.6 Å². The number of nitrogens with one attached hydrogen (secondary N) is 2. The summed E-state index contributed by atoms with van der Waals surface area (Å²) < 4.78 is 10.6. The number of hydrogen-bond acceptors (Lipinski definition) is 4. The van der Waals surface area contributed by atoms with Gasteiger partial charge >= 0.3 is 0 Å². The maximum absolute atomic E-state index is 12.3. The fourth-order valence-corrected chi connectivity index (χ4v) is 2.95. The third-order valence-corrected chi connectivity index (χ3v) is 4.42. The Balaban J connectivity index is 1.64. The molecule has 1 amide bonds. The molecule has 3 rings (SSSR count). The Labute approximate surface area is 152 Å². The SMILES string of the molecule is COc1ccc(Cl)cc1Nc1ccc(NC(=O)C2CCOCC2)cc1. The molecule has 1 heterocycles. The molecule has 0 unspecified atom stereocenters. The summed E-state index contributed by atoms with van der Waals surface area (Å²) in [5.74, 6) is 0.795. The number of benzene rings is 2. The van der Waals surface area contributed by atoms with Crippen LogP contribution in [0, 0.1) is 5.92 Å². The Hall–Kier alpha value is -2.24. The third kappa shape index (κ3) is 4.65. The molecule has 1 aliphatic rings. The van der Waals surface area contributed by atoms with Crippen molar-refractivity contribution in [3.8, 4) is 5.75 Å². The van der Waals surface area contributed by atoms with Gasteiger partial charge in [0.1, 0.15) is 5.75 Å². The minimum Gasteiger partial charge on any atom is -0.495 e. The first-order valence-electron chi connectivity index (χ1n) is 8.25. The zero-order valence-electron chi connectivity index (χ0n) is 14.0. The number of rotatable bonds is 5. The van der Waals surface area contributed by atoms with Crippen LogP contribution in [0.15, 0.2) is 42.5 Å². The fourth-order valence-electron chi connectivity index (χ4n) is 2.77. The lowest BCUT2D eigenvalue weighted by atomic mass is 9.99. The van der Waals surface area contributed by atoms with Crippen molar-refractivity contribution in [3.05, 3.63) is 47.5 Å². The van der Waals surface area contributed by atoms with Crippen LogP contribution >= 0.6 is 11.6 Å². The van der Waals surface area contributed by atoms with Crippen LogP contribution < -0.4 is 15.4 Å². The largest absolute Gasteiger partial charge is 0.495 e. The number of anilines is 3. The summed E-state index contributed by atoms with van der Waals surface area (Å²) >= 11 is 6.04. The molecule has 0 atom stereocenters. The monoisotopic (exact) mass is 360 g/mol. The van der Waals surface area contributed by atoms with Gasteiger partial charge in [0.05, 0.1) is 12.8 Å². The molecule has 5 nitrogen and oxygen atoms in total. The number of carbonyl (C=O) groups is 1. The molecule has 2 aromatic carbocycles. The van der Waals surface area contributed by atoms with Crippen molar-refractivity contribution in [1.29, 1.82) is 0 Å². The Morgan fingerprint density at radius 2 is 1.80 bits per heavy atom. The third-order valence-electron chi connectivity index (χ3n) is 4.19. The maximum Gasteiger partial charge on any atom is 0.227 e. The second kappa shape index (κ2) is 8.23. The molecular weight excluding hydrogens is 340 g/mol. The van der Waals surface area contributed by atoms with Crippen LogP contribution in [0.2, 0.25) is 5.02 Å². The lowest BCUT2D eigenvalue weighted by Gasteiger charge is -2.21. The number of amides is 1. The molecule has 0 radical (unpaired) electrons. The van der Waals surface area contributed by atoms with Crippen LogP contribution in [-0.4, -0.2) is 26.2 Å². The van der Waals surface area contributed by atoms with Gasteiger partial charge in [-0.05, 0) is 55.3 Å². The second-order valence-corrected chi connectivity index (χ2v) is 6.36. The van der Waals surface area contributed by atoms with Crippen molar-refractivity contribution in [3.63, 3.8) is 0 Å². The van der Waals surface area contributed by atoms with Gasteiger partial charge in [-0.3, -0.25) is 4.79 Å². The van der Waals surface area contributed by atoms with Crippen molar-refractivity contribution in [2.45, 2.75) is 12.8 Å². The molecule has 2 aromatic rings. The lowest BCUT2D eigenvalue weighted by Crippen LogP contribution is -2.28. The normalized spacial score (nSPS) is 14.8. The zero-order valence-corrected chi connectivity index (χ0v) is 14.8. The second-order valence-electron chi connectivity index (χ2n) is 5.92. The molecule has 0 aliphatic carbocycles. The lowest BCUT2D eigenvalue weighted by molar-refractivity contribution is -0.122. The summed E-state index contributed by atoms with van der Waals surface area (Å²) in [6.07, 6.45) is 1.56. The molecule has 0 saturated carbocycles. The number of methoxy groups -OCH3 is 1. The molecule has 2 N–H and O–H groups in total. The molecule has 1 aliphatic heterocycles. The van der Waals surface area contributed by atoms with Crippen LogP contribution in [-0.2, 0) is 9.53 Å². The van der Waals surface area contributed by atoms with Gasteiger partial charge in [0.2, 0.25) is 5.91 Å². The van der Waals surface area contributed by atoms with Crippen LogP contribution in [0.5, 0.6) is 5.75 Å². The van der Waals surface area contributed by atoms with Crippen molar-refractivity contribution in [1.82, 2.24) is 0 Å². The predicted octanol–water partition coefficient (Wildman–Crippen LogP) is 4.46. The topological polar surface area (TPSA) is 59.6 Å². The molecule has 6 heteroatoms. The van der Waals surface area contributed by atoms with E-state index in [-0.39, 0.29) is 11.8 Å². The highest BCUT2D eigenvalue weighted by Gasteiger charge is 2.21. The molecule has 1 fully saturated rings. The Bertz CT molecular complexity index is 728. The van der Waals surface area contributed by atoms with Crippen LogP contribution in [0.25, 0.3) is 0 Å². The maximum atomic E-state index is 12.3. The highest BCUT2D eigenvalue weighted by Crippen LogP contribution is 2.31. The smallest absolute Gasteiger partial charge is 0.227 e. The van der Waals surface area contributed by atoms with Crippen LogP contribution in [0.3, 0.4) is 0 Å². The number of ether oxygens (including phenoxy) is 2. The number of hydrogen-bond donors (Lipinski definition) is 2. The molecule has 1 saturated heterocycles. The average Bonchev–Trinajstić information content (AvgIpc) is 2.64. The van der Waals surface area contributed by atoms with Gasteiger partial charge in [-0.1, -0.05) is 11.6 Å². The van der Waals surface area contributed by atoms with Crippen molar-refractivity contribution < 1.29 is 14.3 Å². The highest BCUT2D eigenvalue weighted by atomic mass is 35.5. The zero-order chi connectivity index (χ0) is 17.6. The van der Waals surface area contributed by atoms with Gasteiger partial charge in [-0.2, -0.15) is 0 Å². The van der Waals surface area contributed by atoms with E-state index < -0.39 is 0 Å². The highest BCUT2D eigenvalue weighted by molar-refractivity contribution is 6.31. The summed E-state index contributed by atoms with van der Waals surface area (Å²) in [5, 5.41) is 6.86. The number of halogens is 1. The van der Waals surface area contributed by atoms with E-state index in [4.69, 9.17) is 21.1 Å². The molecule has 0 bridgehead atoms. The molecule has 0 spiro atoms. The first-order chi connectivity index (χ1) is 12.2. The first kappa shape index (κ1) is 17.6. The van der Waals surface area contributed by atoms with E-state index in [1.807, 2.05) is 30.3 Å². The fraction of sp³-hybridized carbons (Fsp3) is 0.316. The van der Waals surface area contributed by atoms with Gasteiger partial charge in [-0.25, -0.2) is 0 Å². The summed E-state index contributed by atoms with van der Waals surface area (Å²) in [7, 11) is 1.61. The standard InChI is InChI=1S/C19H21ClN2O3/c1-24-18-7-2-14(20)12-17(18)21-15-3-5-16(6-4-15)22-19(23)13-8-10-25-11-9-13/h2-7,12-13,21H,8-11H2,1H3,(H,22,23). The summed E-state index contributed by atoms with van der Waals surface area (Å²) in [6.45, 7) is 1.31. The minimum absolute atomic E-state index is 0.0299.